The van der Waals surface area contributed by atoms with Crippen LogP contribution in [0.25, 0.3) is 0 Å². The van der Waals surface area contributed by atoms with Crippen LogP contribution >= 0.6 is 45.2 Å². The smallest absolute Gasteiger partial charge is 0.292 e. The van der Waals surface area contributed by atoms with Crippen molar-refractivity contribution < 1.29 is 9.47 Å². The van der Waals surface area contributed by atoms with Crippen LogP contribution in [0.15, 0.2) is 18.2 Å². The maximum Gasteiger partial charge on any atom is 0.292 e. The topological polar surface area (TPSA) is 18.5 Å². The van der Waals surface area contributed by atoms with Crippen LogP contribution < -0.4 is 9.47 Å². The fourth-order valence-corrected chi connectivity index (χ4v) is 2.04. The highest BCUT2D eigenvalue weighted by atomic mass is 127. The van der Waals surface area contributed by atoms with E-state index in [2.05, 4.69) is 45.2 Å². The van der Waals surface area contributed by atoms with Gasteiger partial charge in [0.15, 0.2) is 11.5 Å². The van der Waals surface area contributed by atoms with Crippen LogP contribution in [0.1, 0.15) is 0 Å². The van der Waals surface area contributed by atoms with Gasteiger partial charge in [-0.15, -0.1) is 0 Å². The van der Waals surface area contributed by atoms with E-state index in [9.17, 15) is 0 Å². The molecule has 1 aliphatic rings. The largest absolute Gasteiger partial charge is 0.442 e. The summed E-state index contributed by atoms with van der Waals surface area (Å²) in [6.45, 7) is 0. The van der Waals surface area contributed by atoms with Crippen LogP contribution in [0.3, 0.4) is 0 Å². The minimum atomic E-state index is -0.168. The molecule has 0 saturated heterocycles. The Labute approximate surface area is 91.5 Å². The van der Waals surface area contributed by atoms with Crippen molar-refractivity contribution in [3.05, 3.63) is 21.8 Å². The van der Waals surface area contributed by atoms with E-state index in [1.54, 1.807) is 0 Å². The molecule has 1 atom stereocenters. The van der Waals surface area contributed by atoms with Crippen molar-refractivity contribution in [2.75, 3.05) is 0 Å². The molecule has 0 fully saturated rings. The highest BCUT2D eigenvalue weighted by Gasteiger charge is 2.22. The Balaban J connectivity index is 2.49. The van der Waals surface area contributed by atoms with E-state index < -0.39 is 0 Å². The van der Waals surface area contributed by atoms with Crippen LogP contribution in [0.5, 0.6) is 11.5 Å². The summed E-state index contributed by atoms with van der Waals surface area (Å²) in [6.07, 6.45) is 0. The van der Waals surface area contributed by atoms with E-state index in [4.69, 9.17) is 9.47 Å². The molecule has 1 aliphatic heterocycles. The molecule has 1 heterocycles. The van der Waals surface area contributed by atoms with Crippen molar-refractivity contribution in [3.63, 3.8) is 0 Å². The molecule has 0 saturated carbocycles. The second-order valence-electron chi connectivity index (χ2n) is 2.08. The maximum absolute atomic E-state index is 5.39. The summed E-state index contributed by atoms with van der Waals surface area (Å²) in [5.41, 5.74) is 0. The second-order valence-corrected chi connectivity index (χ2v) is 4.26. The highest BCUT2D eigenvalue weighted by Crippen LogP contribution is 2.39. The Morgan fingerprint density at radius 2 is 2.09 bits per heavy atom. The third-order valence-corrected chi connectivity index (χ3v) is 2.72. The zero-order valence-electron chi connectivity index (χ0n) is 5.38. The van der Waals surface area contributed by atoms with Gasteiger partial charge in [0, 0.05) is 22.6 Å². The van der Waals surface area contributed by atoms with Gasteiger partial charge in [0.25, 0.3) is 4.30 Å². The number of benzene rings is 1. The monoisotopic (exact) mass is 374 g/mol. The van der Waals surface area contributed by atoms with E-state index in [-0.39, 0.29) is 4.30 Å². The molecule has 2 rings (SSSR count). The van der Waals surface area contributed by atoms with Crippen LogP contribution in [0.2, 0.25) is 0 Å². The zero-order valence-corrected chi connectivity index (χ0v) is 9.70. The number of hydrogen-bond acceptors (Lipinski definition) is 2. The lowest BCUT2D eigenvalue weighted by molar-refractivity contribution is 0.152. The van der Waals surface area contributed by atoms with Crippen molar-refractivity contribution >= 4 is 45.2 Å². The second kappa shape index (κ2) is 2.96. The lowest BCUT2D eigenvalue weighted by Crippen LogP contribution is -2.06. The van der Waals surface area contributed by atoms with Gasteiger partial charge in [0.2, 0.25) is 0 Å². The van der Waals surface area contributed by atoms with Gasteiger partial charge in [-0.05, 0) is 34.7 Å². The first kappa shape index (κ1) is 7.90. The number of para-hydroxylation sites is 1. The summed E-state index contributed by atoms with van der Waals surface area (Å²) >= 11 is 4.32. The molecule has 0 radical (unpaired) electrons. The quantitative estimate of drug-likeness (QED) is 0.514. The minimum absolute atomic E-state index is 0.168. The Morgan fingerprint density at radius 1 is 1.27 bits per heavy atom. The Hall–Kier alpha value is 0.280. The SMILES string of the molecule is Ic1cccc2c1OC(I)O2. The molecule has 2 nitrogen and oxygen atoms in total. The van der Waals surface area contributed by atoms with Gasteiger partial charge in [-0.25, -0.2) is 0 Å². The Morgan fingerprint density at radius 3 is 2.82 bits per heavy atom. The van der Waals surface area contributed by atoms with Gasteiger partial charge in [-0.3, -0.25) is 0 Å². The van der Waals surface area contributed by atoms with E-state index in [1.165, 1.54) is 0 Å². The molecular formula is C7H4I2O2. The van der Waals surface area contributed by atoms with Crippen molar-refractivity contribution in [1.82, 2.24) is 0 Å². The maximum atomic E-state index is 5.39. The molecule has 11 heavy (non-hydrogen) atoms. The van der Waals surface area contributed by atoms with Gasteiger partial charge >= 0.3 is 0 Å². The summed E-state index contributed by atoms with van der Waals surface area (Å²) < 4.78 is 11.7. The number of ether oxygens (including phenoxy) is 2. The first-order valence-corrected chi connectivity index (χ1v) is 5.36. The molecule has 0 aliphatic carbocycles. The molecule has 0 aromatic heterocycles. The van der Waals surface area contributed by atoms with E-state index in [1.807, 2.05) is 18.2 Å². The summed E-state index contributed by atoms with van der Waals surface area (Å²) in [5.74, 6) is 1.71. The Kier molecular flexibility index (Phi) is 2.13. The van der Waals surface area contributed by atoms with Crippen molar-refractivity contribution in [3.8, 4) is 11.5 Å². The molecule has 0 amide bonds. The first-order chi connectivity index (χ1) is 5.27. The summed E-state index contributed by atoms with van der Waals surface area (Å²) in [6, 6.07) is 5.87. The normalized spacial score (nSPS) is 20.4. The Bertz CT molecular complexity index is 288. The summed E-state index contributed by atoms with van der Waals surface area (Å²) in [4.78, 5) is 0. The highest BCUT2D eigenvalue weighted by molar-refractivity contribution is 14.1. The standard InChI is InChI=1S/C7H4I2O2/c8-4-2-1-3-5-6(4)11-7(9)10-5/h1-3,7H. The number of hydrogen-bond donors (Lipinski definition) is 0. The van der Waals surface area contributed by atoms with Gasteiger partial charge < -0.3 is 9.47 Å². The van der Waals surface area contributed by atoms with Gasteiger partial charge in [-0.2, -0.15) is 0 Å². The van der Waals surface area contributed by atoms with E-state index in [0.717, 1.165) is 15.1 Å². The summed E-state index contributed by atoms with van der Waals surface area (Å²) in [5, 5.41) is 0. The minimum Gasteiger partial charge on any atom is -0.442 e. The fraction of sp³-hybridized carbons (Fsp3) is 0.143. The predicted octanol–water partition coefficient (Wildman–Crippen LogP) is 2.78. The first-order valence-electron chi connectivity index (χ1n) is 3.03. The molecule has 1 aromatic carbocycles. The molecule has 1 aromatic rings. The number of fused-ring (bicyclic) bond motifs is 1. The average molecular weight is 374 g/mol. The van der Waals surface area contributed by atoms with Gasteiger partial charge in [0.05, 0.1) is 3.57 Å². The third-order valence-electron chi connectivity index (χ3n) is 1.36. The zero-order chi connectivity index (χ0) is 7.84. The molecular weight excluding hydrogens is 370 g/mol. The van der Waals surface area contributed by atoms with Crippen molar-refractivity contribution in [2.24, 2.45) is 0 Å². The molecule has 1 unspecified atom stereocenters. The van der Waals surface area contributed by atoms with Crippen molar-refractivity contribution in [1.29, 1.82) is 0 Å². The molecule has 4 heteroatoms. The van der Waals surface area contributed by atoms with E-state index >= 15 is 0 Å². The number of alkyl halides is 1. The number of rotatable bonds is 0. The van der Waals surface area contributed by atoms with Crippen LogP contribution in [-0.4, -0.2) is 4.30 Å². The lowest BCUT2D eigenvalue weighted by atomic mass is 10.3. The van der Waals surface area contributed by atoms with Crippen LogP contribution in [0, 0.1) is 3.57 Å². The van der Waals surface area contributed by atoms with E-state index in [0.29, 0.717) is 0 Å². The average Bonchev–Trinajstić information content (AvgIpc) is 2.31. The molecule has 0 spiro atoms. The van der Waals surface area contributed by atoms with Crippen LogP contribution in [-0.2, 0) is 0 Å². The van der Waals surface area contributed by atoms with Crippen LogP contribution in [0.4, 0.5) is 0 Å². The molecule has 58 valence electrons. The summed E-state index contributed by atoms with van der Waals surface area (Å²) in [7, 11) is 0. The molecule has 0 bridgehead atoms. The fourth-order valence-electron chi connectivity index (χ4n) is 0.913. The van der Waals surface area contributed by atoms with Crippen molar-refractivity contribution in [2.45, 2.75) is 4.30 Å². The molecule has 0 N–H and O–H groups in total. The van der Waals surface area contributed by atoms with Gasteiger partial charge in [-0.1, -0.05) is 6.07 Å². The number of halogens is 2. The predicted molar refractivity (Wildman–Crippen MR) is 58.2 cm³/mol. The third kappa shape index (κ3) is 1.42. The lowest BCUT2D eigenvalue weighted by Gasteiger charge is -1.98. The van der Waals surface area contributed by atoms with Gasteiger partial charge in [0.1, 0.15) is 0 Å².